The van der Waals surface area contributed by atoms with Gasteiger partial charge in [0.15, 0.2) is 5.78 Å². The van der Waals surface area contributed by atoms with Crippen LogP contribution in [0.5, 0.6) is 0 Å². The predicted octanol–water partition coefficient (Wildman–Crippen LogP) is 1.79. The van der Waals surface area contributed by atoms with Gasteiger partial charge in [-0.25, -0.2) is 4.79 Å². The number of carbonyl (C=O) groups excluding carboxylic acids is 2. The van der Waals surface area contributed by atoms with Crippen molar-refractivity contribution in [1.29, 1.82) is 0 Å². The summed E-state index contributed by atoms with van der Waals surface area (Å²) in [5, 5.41) is 9.60. The van der Waals surface area contributed by atoms with Crippen molar-refractivity contribution in [1.82, 2.24) is 4.90 Å². The van der Waals surface area contributed by atoms with E-state index in [4.69, 9.17) is 11.5 Å². The first kappa shape index (κ1) is 22.3. The van der Waals surface area contributed by atoms with Crippen LogP contribution in [0.15, 0.2) is 54.6 Å². The predicted molar refractivity (Wildman–Crippen MR) is 110 cm³/mol. The number of unbranched alkanes of at least 4 members (excludes halogenated alkanes) is 1. The molecule has 2 aromatic rings. The number of hydrogen-bond donors (Lipinski definition) is 3. The van der Waals surface area contributed by atoms with Crippen LogP contribution in [0, 0.1) is 0 Å². The number of aliphatic carboxylic acids is 1. The number of amides is 1. The fourth-order valence-corrected chi connectivity index (χ4v) is 3.10. The van der Waals surface area contributed by atoms with E-state index in [-0.39, 0.29) is 18.9 Å². The minimum absolute atomic E-state index is 0.0998. The molecule has 5 N–H and O–H groups in total. The maximum absolute atomic E-state index is 12.5. The van der Waals surface area contributed by atoms with Crippen LogP contribution in [-0.2, 0) is 16.1 Å². The van der Waals surface area contributed by atoms with Crippen molar-refractivity contribution in [3.8, 4) is 0 Å². The molecule has 2 aromatic carbocycles. The standard InChI is InChI=1S/C22H27N3O4/c23-13-5-4-8-19(22(28)29)25(20(26)14-24)15-16-9-11-18(12-10-16)21(27)17-6-2-1-3-7-17/h1-3,6-7,9-12,19H,4-5,8,13-15,23-24H2,(H,28,29)/t19-/m1/s1. The summed E-state index contributed by atoms with van der Waals surface area (Å²) in [4.78, 5) is 37.8. The molecule has 0 aliphatic rings. The minimum Gasteiger partial charge on any atom is -0.480 e. The first-order valence-electron chi connectivity index (χ1n) is 9.59. The number of nitrogens with zero attached hydrogens (tertiary/aromatic N) is 1. The SMILES string of the molecule is NCCCC[C@H](C(=O)O)N(Cc1ccc(C(=O)c2ccccc2)cc1)C(=O)CN. The number of carboxylic acids is 1. The highest BCUT2D eigenvalue weighted by Crippen LogP contribution is 2.16. The van der Waals surface area contributed by atoms with Crippen molar-refractivity contribution in [3.63, 3.8) is 0 Å². The molecule has 7 heteroatoms. The Balaban J connectivity index is 2.17. The van der Waals surface area contributed by atoms with Crippen molar-refractivity contribution in [2.75, 3.05) is 13.1 Å². The van der Waals surface area contributed by atoms with Gasteiger partial charge in [-0.3, -0.25) is 9.59 Å². The molecule has 0 bridgehead atoms. The minimum atomic E-state index is -1.07. The third-order valence-corrected chi connectivity index (χ3v) is 4.69. The third kappa shape index (κ3) is 6.23. The highest BCUT2D eigenvalue weighted by molar-refractivity contribution is 6.08. The molecule has 2 rings (SSSR count). The van der Waals surface area contributed by atoms with Gasteiger partial charge in [0, 0.05) is 17.7 Å². The van der Waals surface area contributed by atoms with Crippen LogP contribution in [0.3, 0.4) is 0 Å². The van der Waals surface area contributed by atoms with Gasteiger partial charge in [-0.2, -0.15) is 0 Å². The maximum atomic E-state index is 12.5. The van der Waals surface area contributed by atoms with Gasteiger partial charge in [-0.05, 0) is 31.4 Å². The lowest BCUT2D eigenvalue weighted by Crippen LogP contribution is -2.47. The summed E-state index contributed by atoms with van der Waals surface area (Å²) in [5.41, 5.74) is 12.8. The van der Waals surface area contributed by atoms with Crippen molar-refractivity contribution in [3.05, 3.63) is 71.3 Å². The van der Waals surface area contributed by atoms with Gasteiger partial charge >= 0.3 is 5.97 Å². The van der Waals surface area contributed by atoms with Gasteiger partial charge in [-0.1, -0.05) is 54.6 Å². The summed E-state index contributed by atoms with van der Waals surface area (Å²) in [6, 6.07) is 14.8. The lowest BCUT2D eigenvalue weighted by Gasteiger charge is -2.29. The molecule has 0 aliphatic heterocycles. The summed E-state index contributed by atoms with van der Waals surface area (Å²) in [6.45, 7) is 0.300. The van der Waals surface area contributed by atoms with Crippen molar-refractivity contribution < 1.29 is 19.5 Å². The van der Waals surface area contributed by atoms with Gasteiger partial charge in [0.2, 0.25) is 5.91 Å². The molecule has 29 heavy (non-hydrogen) atoms. The van der Waals surface area contributed by atoms with Crippen LogP contribution < -0.4 is 11.5 Å². The van der Waals surface area contributed by atoms with Gasteiger partial charge in [0.1, 0.15) is 6.04 Å². The van der Waals surface area contributed by atoms with Crippen molar-refractivity contribution >= 4 is 17.7 Å². The smallest absolute Gasteiger partial charge is 0.326 e. The molecular weight excluding hydrogens is 370 g/mol. The molecule has 0 unspecified atom stereocenters. The average molecular weight is 397 g/mol. The van der Waals surface area contributed by atoms with E-state index in [9.17, 15) is 19.5 Å². The Morgan fingerprint density at radius 1 is 0.897 bits per heavy atom. The quantitative estimate of drug-likeness (QED) is 0.392. The number of nitrogens with two attached hydrogens (primary N) is 2. The molecule has 0 heterocycles. The Morgan fingerprint density at radius 3 is 2.07 bits per heavy atom. The van der Waals surface area contributed by atoms with Crippen LogP contribution in [0.1, 0.15) is 40.7 Å². The molecule has 1 atom stereocenters. The van der Waals surface area contributed by atoms with Gasteiger partial charge in [0.25, 0.3) is 0 Å². The molecule has 154 valence electrons. The fourth-order valence-electron chi connectivity index (χ4n) is 3.10. The van der Waals surface area contributed by atoms with Gasteiger partial charge in [0.05, 0.1) is 6.54 Å². The van der Waals surface area contributed by atoms with E-state index >= 15 is 0 Å². The van der Waals surface area contributed by atoms with E-state index in [0.717, 1.165) is 5.56 Å². The lowest BCUT2D eigenvalue weighted by atomic mass is 10.0. The molecule has 7 nitrogen and oxygen atoms in total. The van der Waals surface area contributed by atoms with Gasteiger partial charge in [-0.15, -0.1) is 0 Å². The van der Waals surface area contributed by atoms with E-state index in [1.807, 2.05) is 6.07 Å². The van der Waals surface area contributed by atoms with Crippen LogP contribution in [0.2, 0.25) is 0 Å². The second kappa shape index (κ2) is 11.1. The normalized spacial score (nSPS) is 11.7. The summed E-state index contributed by atoms with van der Waals surface area (Å²) in [7, 11) is 0. The molecule has 0 fully saturated rings. The Morgan fingerprint density at radius 2 is 1.52 bits per heavy atom. The van der Waals surface area contributed by atoms with Gasteiger partial charge < -0.3 is 21.5 Å². The number of rotatable bonds is 11. The summed E-state index contributed by atoms with van der Waals surface area (Å²) < 4.78 is 0. The summed E-state index contributed by atoms with van der Waals surface area (Å²) in [6.07, 6.45) is 1.60. The highest BCUT2D eigenvalue weighted by atomic mass is 16.4. The number of ketones is 1. The van der Waals surface area contributed by atoms with Crippen LogP contribution in [0.4, 0.5) is 0 Å². The fraction of sp³-hybridized carbons (Fsp3) is 0.318. The van der Waals surface area contributed by atoms with Crippen molar-refractivity contribution in [2.45, 2.75) is 31.8 Å². The molecule has 0 saturated carbocycles. The van der Waals surface area contributed by atoms with Crippen molar-refractivity contribution in [2.24, 2.45) is 11.5 Å². The maximum Gasteiger partial charge on any atom is 0.326 e. The van der Waals surface area contributed by atoms with Crippen LogP contribution in [-0.4, -0.2) is 46.8 Å². The second-order valence-corrected chi connectivity index (χ2v) is 6.76. The Labute approximate surface area is 170 Å². The molecule has 0 aliphatic carbocycles. The highest BCUT2D eigenvalue weighted by Gasteiger charge is 2.28. The first-order valence-corrected chi connectivity index (χ1v) is 9.59. The summed E-state index contributed by atoms with van der Waals surface area (Å²) in [5.74, 6) is -1.61. The third-order valence-electron chi connectivity index (χ3n) is 4.69. The number of hydrogen-bond acceptors (Lipinski definition) is 5. The molecule has 0 spiro atoms. The summed E-state index contributed by atoms with van der Waals surface area (Å²) >= 11 is 0. The number of carbonyl (C=O) groups is 3. The zero-order valence-corrected chi connectivity index (χ0v) is 16.3. The molecule has 0 aromatic heterocycles. The Hall–Kier alpha value is -3.03. The average Bonchev–Trinajstić information content (AvgIpc) is 2.75. The van der Waals surface area contributed by atoms with E-state index in [0.29, 0.717) is 36.9 Å². The van der Waals surface area contributed by atoms with Crippen LogP contribution in [0.25, 0.3) is 0 Å². The van der Waals surface area contributed by atoms with E-state index in [1.165, 1.54) is 4.90 Å². The molecule has 0 saturated heterocycles. The second-order valence-electron chi connectivity index (χ2n) is 6.76. The van der Waals surface area contributed by atoms with E-state index in [1.54, 1.807) is 48.5 Å². The number of carboxylic acid groups (broad SMARTS) is 1. The number of benzene rings is 2. The molecule has 1 amide bonds. The zero-order chi connectivity index (χ0) is 21.2. The topological polar surface area (TPSA) is 127 Å². The van der Waals surface area contributed by atoms with E-state index < -0.39 is 17.9 Å². The Bertz CT molecular complexity index is 822. The lowest BCUT2D eigenvalue weighted by molar-refractivity contribution is -0.150. The monoisotopic (exact) mass is 397 g/mol. The Kier molecular flexibility index (Phi) is 8.51. The first-order chi connectivity index (χ1) is 14.0. The van der Waals surface area contributed by atoms with Crippen LogP contribution >= 0.6 is 0 Å². The largest absolute Gasteiger partial charge is 0.480 e. The molecule has 0 radical (unpaired) electrons. The van der Waals surface area contributed by atoms with E-state index in [2.05, 4.69) is 0 Å². The molecular formula is C22H27N3O4. The zero-order valence-electron chi connectivity index (χ0n) is 16.3.